The molecule has 0 aliphatic heterocycles. The smallest absolute Gasteiger partial charge is 0.123 e. The van der Waals surface area contributed by atoms with E-state index in [9.17, 15) is 4.39 Å². The molecule has 1 atom stereocenters. The summed E-state index contributed by atoms with van der Waals surface area (Å²) >= 11 is 9.40. The van der Waals surface area contributed by atoms with E-state index in [0.717, 1.165) is 11.1 Å². The summed E-state index contributed by atoms with van der Waals surface area (Å²) in [5, 5.41) is 0.671. The van der Waals surface area contributed by atoms with Gasteiger partial charge in [-0.3, -0.25) is 0 Å². The fourth-order valence-electron chi connectivity index (χ4n) is 1.71. The molecule has 18 heavy (non-hydrogen) atoms. The Bertz CT molecular complexity index is 542. The van der Waals surface area contributed by atoms with Gasteiger partial charge in [0.15, 0.2) is 0 Å². The molecule has 0 bridgehead atoms. The van der Waals surface area contributed by atoms with E-state index in [0.29, 0.717) is 10.8 Å². The normalized spacial score (nSPS) is 12.2. The molecule has 1 unspecified atom stereocenters. The zero-order chi connectivity index (χ0) is 13.1. The van der Waals surface area contributed by atoms with E-state index in [1.165, 1.54) is 12.1 Å². The highest BCUT2D eigenvalue weighted by Gasteiger charge is 2.16. The Morgan fingerprint density at radius 2 is 1.83 bits per heavy atom. The Morgan fingerprint density at radius 3 is 2.44 bits per heavy atom. The first kappa shape index (κ1) is 13.4. The van der Waals surface area contributed by atoms with Crippen LogP contribution in [0, 0.1) is 5.82 Å². The van der Waals surface area contributed by atoms with Crippen LogP contribution in [0.4, 0.5) is 4.39 Å². The Labute approximate surface area is 119 Å². The molecule has 1 nitrogen and oxygen atoms in total. The van der Waals surface area contributed by atoms with Crippen LogP contribution in [0.1, 0.15) is 16.0 Å². The van der Waals surface area contributed by atoms with Crippen LogP contribution >= 0.6 is 27.5 Å². The minimum absolute atomic E-state index is 0.139. The molecule has 2 aromatic carbocycles. The van der Waals surface area contributed by atoms with Crippen LogP contribution in [0.25, 0.3) is 0 Å². The van der Waals surface area contributed by atoms with E-state index in [1.54, 1.807) is 25.3 Å². The molecule has 2 aromatic rings. The van der Waals surface area contributed by atoms with E-state index in [1.807, 2.05) is 12.1 Å². The standard InChI is InChI=1S/C14H11BrClFO/c1-18-13-7-6-11(17)8-12(13)14(15)9-2-4-10(16)5-3-9/h2-8,14H,1H3. The molecule has 2 rings (SSSR count). The first-order valence-electron chi connectivity index (χ1n) is 5.35. The zero-order valence-corrected chi connectivity index (χ0v) is 12.0. The number of hydrogen-bond donors (Lipinski definition) is 0. The van der Waals surface area contributed by atoms with Gasteiger partial charge in [0, 0.05) is 10.6 Å². The predicted octanol–water partition coefficient (Wildman–Crippen LogP) is 4.97. The van der Waals surface area contributed by atoms with Crippen molar-refractivity contribution in [3.63, 3.8) is 0 Å². The maximum Gasteiger partial charge on any atom is 0.123 e. The zero-order valence-electron chi connectivity index (χ0n) is 9.66. The van der Waals surface area contributed by atoms with Crippen molar-refractivity contribution in [2.45, 2.75) is 4.83 Å². The Hall–Kier alpha value is -1.06. The number of alkyl halides is 1. The average molecular weight is 330 g/mol. The molecule has 0 radical (unpaired) electrons. The Kier molecular flexibility index (Phi) is 4.25. The number of methoxy groups -OCH3 is 1. The summed E-state index contributed by atoms with van der Waals surface area (Å²) in [7, 11) is 1.57. The monoisotopic (exact) mass is 328 g/mol. The minimum Gasteiger partial charge on any atom is -0.496 e. The lowest BCUT2D eigenvalue weighted by Crippen LogP contribution is -1.98. The van der Waals surface area contributed by atoms with Crippen molar-refractivity contribution in [1.29, 1.82) is 0 Å². The fraction of sp³-hybridized carbons (Fsp3) is 0.143. The molecular weight excluding hydrogens is 319 g/mol. The lowest BCUT2D eigenvalue weighted by molar-refractivity contribution is 0.409. The van der Waals surface area contributed by atoms with Crippen LogP contribution in [0.3, 0.4) is 0 Å². The molecule has 0 saturated heterocycles. The molecular formula is C14H11BrClFO. The molecule has 4 heteroatoms. The molecule has 0 amide bonds. The molecule has 0 spiro atoms. The van der Waals surface area contributed by atoms with E-state index in [4.69, 9.17) is 16.3 Å². The van der Waals surface area contributed by atoms with Crippen molar-refractivity contribution in [3.05, 3.63) is 64.4 Å². The minimum atomic E-state index is -0.288. The van der Waals surface area contributed by atoms with Gasteiger partial charge in [0.25, 0.3) is 0 Å². The van der Waals surface area contributed by atoms with Crippen molar-refractivity contribution in [2.24, 2.45) is 0 Å². The second kappa shape index (κ2) is 5.72. The Balaban J connectivity index is 2.41. The maximum atomic E-state index is 13.3. The van der Waals surface area contributed by atoms with E-state index in [2.05, 4.69) is 15.9 Å². The van der Waals surface area contributed by atoms with Crippen LogP contribution < -0.4 is 4.74 Å². The quantitative estimate of drug-likeness (QED) is 0.722. The molecule has 0 saturated carbocycles. The maximum absolute atomic E-state index is 13.3. The molecule has 0 heterocycles. The number of rotatable bonds is 3. The third kappa shape index (κ3) is 2.85. The van der Waals surface area contributed by atoms with E-state index >= 15 is 0 Å². The van der Waals surface area contributed by atoms with Gasteiger partial charge in [-0.05, 0) is 35.9 Å². The van der Waals surface area contributed by atoms with Gasteiger partial charge < -0.3 is 4.74 Å². The SMILES string of the molecule is COc1ccc(F)cc1C(Br)c1ccc(Cl)cc1. The van der Waals surface area contributed by atoms with Crippen LogP contribution in [0.15, 0.2) is 42.5 Å². The number of ether oxygens (including phenoxy) is 1. The summed E-state index contributed by atoms with van der Waals surface area (Å²) in [5.41, 5.74) is 1.74. The summed E-state index contributed by atoms with van der Waals surface area (Å²) < 4.78 is 18.6. The van der Waals surface area contributed by atoms with Gasteiger partial charge in [-0.1, -0.05) is 39.7 Å². The molecule has 94 valence electrons. The van der Waals surface area contributed by atoms with E-state index in [-0.39, 0.29) is 10.6 Å². The summed E-state index contributed by atoms with van der Waals surface area (Å²) in [6.07, 6.45) is 0. The molecule has 0 aliphatic rings. The number of hydrogen-bond acceptors (Lipinski definition) is 1. The predicted molar refractivity (Wildman–Crippen MR) is 75.2 cm³/mol. The van der Waals surface area contributed by atoms with Crippen LogP contribution in [0.2, 0.25) is 5.02 Å². The third-order valence-corrected chi connectivity index (χ3v) is 3.90. The van der Waals surface area contributed by atoms with Crippen LogP contribution in [-0.4, -0.2) is 7.11 Å². The first-order chi connectivity index (χ1) is 8.61. The number of benzene rings is 2. The fourth-order valence-corrected chi connectivity index (χ4v) is 2.50. The average Bonchev–Trinajstić information content (AvgIpc) is 2.39. The lowest BCUT2D eigenvalue weighted by Gasteiger charge is -2.14. The Morgan fingerprint density at radius 1 is 1.17 bits per heavy atom. The first-order valence-corrected chi connectivity index (χ1v) is 6.64. The molecule has 0 aliphatic carbocycles. The van der Waals surface area contributed by atoms with Crippen molar-refractivity contribution in [3.8, 4) is 5.75 Å². The van der Waals surface area contributed by atoms with Gasteiger partial charge in [-0.2, -0.15) is 0 Å². The van der Waals surface area contributed by atoms with Crippen LogP contribution in [-0.2, 0) is 0 Å². The van der Waals surface area contributed by atoms with Crippen LogP contribution in [0.5, 0.6) is 5.75 Å². The van der Waals surface area contributed by atoms with Crippen molar-refractivity contribution >= 4 is 27.5 Å². The summed E-state index contributed by atoms with van der Waals surface area (Å²) in [6.45, 7) is 0. The largest absolute Gasteiger partial charge is 0.496 e. The highest BCUT2D eigenvalue weighted by atomic mass is 79.9. The molecule has 0 fully saturated rings. The van der Waals surface area contributed by atoms with Gasteiger partial charge in [0.05, 0.1) is 11.9 Å². The second-order valence-electron chi connectivity index (χ2n) is 3.80. The second-order valence-corrected chi connectivity index (χ2v) is 5.15. The lowest BCUT2D eigenvalue weighted by atomic mass is 10.0. The molecule has 0 aromatic heterocycles. The van der Waals surface area contributed by atoms with Gasteiger partial charge in [-0.25, -0.2) is 4.39 Å². The molecule has 0 N–H and O–H groups in total. The van der Waals surface area contributed by atoms with E-state index < -0.39 is 0 Å². The summed E-state index contributed by atoms with van der Waals surface area (Å²) in [6, 6.07) is 11.9. The summed E-state index contributed by atoms with van der Waals surface area (Å²) in [4.78, 5) is -0.139. The van der Waals surface area contributed by atoms with Gasteiger partial charge >= 0.3 is 0 Å². The summed E-state index contributed by atoms with van der Waals surface area (Å²) in [5.74, 6) is 0.359. The van der Waals surface area contributed by atoms with Gasteiger partial charge in [-0.15, -0.1) is 0 Å². The van der Waals surface area contributed by atoms with Crippen molar-refractivity contribution < 1.29 is 9.13 Å². The van der Waals surface area contributed by atoms with Gasteiger partial charge in [0.1, 0.15) is 11.6 Å². The highest BCUT2D eigenvalue weighted by molar-refractivity contribution is 9.09. The van der Waals surface area contributed by atoms with Crippen molar-refractivity contribution in [1.82, 2.24) is 0 Å². The topological polar surface area (TPSA) is 9.23 Å². The third-order valence-electron chi connectivity index (χ3n) is 2.63. The van der Waals surface area contributed by atoms with Gasteiger partial charge in [0.2, 0.25) is 0 Å². The van der Waals surface area contributed by atoms with Crippen molar-refractivity contribution in [2.75, 3.05) is 7.11 Å². The highest BCUT2D eigenvalue weighted by Crippen LogP contribution is 2.37. The number of halogens is 3.